The summed E-state index contributed by atoms with van der Waals surface area (Å²) in [7, 11) is 0. The average Bonchev–Trinajstić information content (AvgIpc) is 2.87. The number of rotatable bonds is 7. The number of primary amides is 1. The van der Waals surface area contributed by atoms with Crippen LogP contribution in [0.4, 0.5) is 29.1 Å². The van der Waals surface area contributed by atoms with Crippen molar-refractivity contribution in [1.82, 2.24) is 9.97 Å². The monoisotopic (exact) mass is 525 g/mol. The van der Waals surface area contributed by atoms with Crippen LogP contribution in [0.15, 0.2) is 79.0 Å². The van der Waals surface area contributed by atoms with Gasteiger partial charge >= 0.3 is 6.36 Å². The predicted octanol–water partition coefficient (Wildman–Crippen LogP) is 4.71. The fourth-order valence-electron chi connectivity index (χ4n) is 3.63. The van der Waals surface area contributed by atoms with Crippen molar-refractivity contribution in [3.8, 4) is 17.0 Å². The number of carbonyl (C=O) groups is 2. The average molecular weight is 525 g/mol. The van der Waals surface area contributed by atoms with Crippen LogP contribution < -0.4 is 21.1 Å². The number of hydrogen-bond acceptors (Lipinski definition) is 6. The Bertz CT molecular complexity index is 1490. The van der Waals surface area contributed by atoms with Crippen LogP contribution in [0.3, 0.4) is 0 Å². The molecule has 0 atom stereocenters. The van der Waals surface area contributed by atoms with E-state index in [0.717, 1.165) is 18.2 Å². The molecule has 8 nitrogen and oxygen atoms in total. The molecule has 4 rings (SSSR count). The topological polar surface area (TPSA) is 124 Å². The highest BCUT2D eigenvalue weighted by Crippen LogP contribution is 2.29. The molecule has 2 amide bonds. The van der Waals surface area contributed by atoms with E-state index in [0.29, 0.717) is 11.4 Å². The molecule has 2 aromatic heterocycles. The lowest BCUT2D eigenvalue weighted by Crippen LogP contribution is -2.31. The maximum atomic E-state index is 14.2. The lowest BCUT2D eigenvalue weighted by molar-refractivity contribution is -0.274. The SMILES string of the molecule is NC(=O)c1cc(C(=O)N(Cc2cccc(N)n2)c2ccc(-c3ccccc3F)nc2)ccc1OC(F)(F)F. The number of nitrogens with zero attached hydrogens (tertiary/aromatic N) is 3. The summed E-state index contributed by atoms with van der Waals surface area (Å²) in [5.74, 6) is -3.06. The van der Waals surface area contributed by atoms with Gasteiger partial charge in [0.1, 0.15) is 17.4 Å². The second-order valence-electron chi connectivity index (χ2n) is 7.95. The number of amides is 2. The van der Waals surface area contributed by atoms with Gasteiger partial charge in [-0.15, -0.1) is 13.2 Å². The number of ether oxygens (including phenoxy) is 1. The van der Waals surface area contributed by atoms with Crippen LogP contribution in [-0.2, 0) is 6.54 Å². The number of anilines is 2. The van der Waals surface area contributed by atoms with E-state index in [1.165, 1.54) is 35.4 Å². The van der Waals surface area contributed by atoms with Gasteiger partial charge in [0.25, 0.3) is 11.8 Å². The predicted molar refractivity (Wildman–Crippen MR) is 130 cm³/mol. The summed E-state index contributed by atoms with van der Waals surface area (Å²) in [6.45, 7) is -0.114. The van der Waals surface area contributed by atoms with Gasteiger partial charge in [0.15, 0.2) is 0 Å². The van der Waals surface area contributed by atoms with Crippen molar-refractivity contribution in [3.63, 3.8) is 0 Å². The van der Waals surface area contributed by atoms with Crippen LogP contribution in [0.25, 0.3) is 11.3 Å². The summed E-state index contributed by atoms with van der Waals surface area (Å²) in [6.07, 6.45) is -3.74. The van der Waals surface area contributed by atoms with Gasteiger partial charge in [-0.25, -0.2) is 9.37 Å². The Morgan fingerprint density at radius 3 is 2.37 bits per heavy atom. The van der Waals surface area contributed by atoms with Crippen molar-refractivity contribution >= 4 is 23.3 Å². The number of carbonyl (C=O) groups excluding carboxylic acids is 2. The summed E-state index contributed by atoms with van der Waals surface area (Å²) in [6, 6.07) is 16.7. The molecule has 0 saturated carbocycles. The summed E-state index contributed by atoms with van der Waals surface area (Å²) in [5, 5.41) is 0. The first-order valence-corrected chi connectivity index (χ1v) is 11.0. The number of halogens is 4. The van der Waals surface area contributed by atoms with Crippen LogP contribution in [0, 0.1) is 5.82 Å². The second-order valence-corrected chi connectivity index (χ2v) is 7.95. The molecule has 2 aromatic carbocycles. The third kappa shape index (κ3) is 6.03. The number of hydrogen-bond donors (Lipinski definition) is 2. The van der Waals surface area contributed by atoms with E-state index in [1.807, 2.05) is 0 Å². The molecule has 0 saturated heterocycles. The molecule has 0 unspecified atom stereocenters. The summed E-state index contributed by atoms with van der Waals surface area (Å²) in [5.41, 5.74) is 11.4. The van der Waals surface area contributed by atoms with Crippen LogP contribution >= 0.6 is 0 Å². The molecule has 4 N–H and O–H groups in total. The molecule has 0 aliphatic rings. The van der Waals surface area contributed by atoms with Gasteiger partial charge in [-0.05, 0) is 54.6 Å². The Hall–Kier alpha value is -5.00. The van der Waals surface area contributed by atoms with E-state index < -0.39 is 35.3 Å². The van der Waals surface area contributed by atoms with Crippen molar-refractivity contribution < 1.29 is 31.9 Å². The van der Waals surface area contributed by atoms with Crippen LogP contribution in [0.2, 0.25) is 0 Å². The number of nitrogen functional groups attached to an aromatic ring is 1. The number of alkyl halides is 3. The van der Waals surface area contributed by atoms with Crippen LogP contribution in [-0.4, -0.2) is 28.1 Å². The zero-order chi connectivity index (χ0) is 27.4. The van der Waals surface area contributed by atoms with Gasteiger partial charge in [0.05, 0.1) is 35.4 Å². The van der Waals surface area contributed by atoms with Gasteiger partial charge in [0.2, 0.25) is 0 Å². The Balaban J connectivity index is 1.74. The van der Waals surface area contributed by atoms with Crippen molar-refractivity contribution in [1.29, 1.82) is 0 Å². The fourth-order valence-corrected chi connectivity index (χ4v) is 3.63. The maximum absolute atomic E-state index is 14.2. The van der Waals surface area contributed by atoms with Crippen LogP contribution in [0.1, 0.15) is 26.4 Å². The second kappa shape index (κ2) is 10.5. The molecule has 0 spiro atoms. The van der Waals surface area contributed by atoms with E-state index in [9.17, 15) is 27.2 Å². The van der Waals surface area contributed by atoms with Gasteiger partial charge in [-0.3, -0.25) is 14.6 Å². The number of pyridine rings is 2. The first kappa shape index (κ1) is 26.1. The van der Waals surface area contributed by atoms with Crippen molar-refractivity contribution in [2.45, 2.75) is 12.9 Å². The Kier molecular flexibility index (Phi) is 7.24. The standard InChI is InChI=1S/C26H19F4N5O3/c27-20-6-2-1-5-18(20)21-10-9-17(13-33-21)35(14-16-4-3-7-23(31)34-16)25(37)15-8-11-22(38-26(28,29)30)19(12-15)24(32)36/h1-13H,14H2,(H2,31,34)(H2,32,36). The zero-order valence-electron chi connectivity index (χ0n) is 19.4. The van der Waals surface area contributed by atoms with E-state index in [-0.39, 0.29) is 29.2 Å². The van der Waals surface area contributed by atoms with Gasteiger partial charge in [-0.2, -0.15) is 0 Å². The van der Waals surface area contributed by atoms with Crippen molar-refractivity contribution in [3.05, 3.63) is 102 Å². The highest BCUT2D eigenvalue weighted by atomic mass is 19.4. The first-order valence-electron chi connectivity index (χ1n) is 11.0. The largest absolute Gasteiger partial charge is 0.573 e. The summed E-state index contributed by atoms with van der Waals surface area (Å²) < 4.78 is 56.3. The van der Waals surface area contributed by atoms with Crippen LogP contribution in [0.5, 0.6) is 5.75 Å². The highest BCUT2D eigenvalue weighted by Gasteiger charge is 2.33. The molecular formula is C26H19F4N5O3. The lowest BCUT2D eigenvalue weighted by Gasteiger charge is -2.23. The molecule has 194 valence electrons. The minimum atomic E-state index is -5.08. The van der Waals surface area contributed by atoms with Gasteiger partial charge < -0.3 is 21.1 Å². The Morgan fingerprint density at radius 1 is 0.974 bits per heavy atom. The van der Waals surface area contributed by atoms with E-state index >= 15 is 0 Å². The molecule has 38 heavy (non-hydrogen) atoms. The molecule has 4 aromatic rings. The molecule has 2 heterocycles. The summed E-state index contributed by atoms with van der Waals surface area (Å²) in [4.78, 5) is 35.1. The van der Waals surface area contributed by atoms with Crippen molar-refractivity contribution in [2.24, 2.45) is 5.73 Å². The minimum Gasteiger partial charge on any atom is -0.405 e. The first-order chi connectivity index (χ1) is 18.0. The third-order valence-electron chi connectivity index (χ3n) is 5.32. The molecule has 0 radical (unpaired) electrons. The molecule has 12 heteroatoms. The Morgan fingerprint density at radius 2 is 1.74 bits per heavy atom. The molecule has 0 aliphatic heterocycles. The molecular weight excluding hydrogens is 506 g/mol. The van der Waals surface area contributed by atoms with E-state index in [2.05, 4.69) is 14.7 Å². The Labute approximate surface area is 213 Å². The minimum absolute atomic E-state index is 0.114. The highest BCUT2D eigenvalue weighted by molar-refractivity contribution is 6.08. The number of nitrogens with two attached hydrogens (primary N) is 2. The van der Waals surface area contributed by atoms with E-state index in [4.69, 9.17) is 11.5 Å². The van der Waals surface area contributed by atoms with Gasteiger partial charge in [-0.1, -0.05) is 18.2 Å². The normalized spacial score (nSPS) is 11.2. The number of benzene rings is 2. The lowest BCUT2D eigenvalue weighted by atomic mass is 10.1. The maximum Gasteiger partial charge on any atom is 0.573 e. The zero-order valence-corrected chi connectivity index (χ0v) is 19.4. The van der Waals surface area contributed by atoms with Gasteiger partial charge in [0, 0.05) is 11.1 Å². The van der Waals surface area contributed by atoms with Crippen molar-refractivity contribution in [2.75, 3.05) is 10.6 Å². The third-order valence-corrected chi connectivity index (χ3v) is 5.32. The molecule has 0 bridgehead atoms. The van der Waals surface area contributed by atoms with E-state index in [1.54, 1.807) is 30.3 Å². The molecule has 0 fully saturated rings. The summed E-state index contributed by atoms with van der Waals surface area (Å²) >= 11 is 0. The number of aromatic nitrogens is 2. The smallest absolute Gasteiger partial charge is 0.405 e. The fraction of sp³-hybridized carbons (Fsp3) is 0.0769. The molecule has 0 aliphatic carbocycles. The quantitative estimate of drug-likeness (QED) is 0.337.